The van der Waals surface area contributed by atoms with Crippen LogP contribution in [-0.4, -0.2) is 56.3 Å². The van der Waals surface area contributed by atoms with Crippen molar-refractivity contribution in [2.45, 2.75) is 25.4 Å². The second-order valence-corrected chi connectivity index (χ2v) is 10.1. The van der Waals surface area contributed by atoms with E-state index in [1.807, 2.05) is 6.92 Å². The first-order valence-corrected chi connectivity index (χ1v) is 11.5. The molecule has 1 saturated heterocycles. The number of carbonyl (C=O) groups is 1. The van der Waals surface area contributed by atoms with Crippen molar-refractivity contribution in [2.24, 2.45) is 0 Å². The number of nitrogens with zero attached hydrogens (tertiary/aromatic N) is 2. The Morgan fingerprint density at radius 2 is 1.83 bits per heavy atom. The summed E-state index contributed by atoms with van der Waals surface area (Å²) in [6, 6.07) is 7.85. The molecule has 0 unspecified atom stereocenters. The number of aryl methyl sites for hydroxylation is 2. The molecule has 3 rings (SSSR count). The molecule has 0 bridgehead atoms. The monoisotopic (exact) mass is 456 g/mol. The van der Waals surface area contributed by atoms with Crippen LogP contribution in [-0.2, 0) is 14.8 Å². The molecule has 6 nitrogen and oxygen atoms in total. The number of thiophene rings is 1. The summed E-state index contributed by atoms with van der Waals surface area (Å²) in [5, 5.41) is 0. The van der Waals surface area contributed by atoms with E-state index in [1.165, 1.54) is 38.8 Å². The molecule has 1 amide bonds. The van der Waals surface area contributed by atoms with Crippen molar-refractivity contribution in [3.63, 3.8) is 0 Å². The molecule has 0 aliphatic carbocycles. The highest BCUT2D eigenvalue weighted by Crippen LogP contribution is 2.28. The number of alkyl halides is 2. The first-order valence-electron chi connectivity index (χ1n) is 9.26. The van der Waals surface area contributed by atoms with Gasteiger partial charge in [0.1, 0.15) is 5.75 Å². The number of ether oxygens (including phenoxy) is 1. The molecule has 0 N–H and O–H groups in total. The van der Waals surface area contributed by atoms with E-state index in [9.17, 15) is 22.0 Å². The largest absolute Gasteiger partial charge is 0.434 e. The molecule has 0 spiro atoms. The highest BCUT2D eigenvalue weighted by molar-refractivity contribution is 7.89. The normalized spacial score (nSPS) is 15.8. The number of hydrogen-bond donors (Lipinski definition) is 0. The standard InChI is InChI=1S/C20H22F2N2O4S2/c1-14-13-18(15(2)29-14)30(26,27)24-11-9-23(10-12-24)19(25)8-7-16-5-3-4-6-17(16)28-20(21)22/h3-8,13,20H,9-12H2,1-2H3/b8-7+. The first kappa shape index (κ1) is 22.4. The predicted octanol–water partition coefficient (Wildman–Crippen LogP) is 3.51. The van der Waals surface area contributed by atoms with Crippen LogP contribution in [0.2, 0.25) is 0 Å². The fourth-order valence-corrected chi connectivity index (χ4v) is 6.19. The Morgan fingerprint density at radius 1 is 1.17 bits per heavy atom. The van der Waals surface area contributed by atoms with Crippen molar-refractivity contribution in [2.75, 3.05) is 26.2 Å². The molecule has 30 heavy (non-hydrogen) atoms. The van der Waals surface area contributed by atoms with Gasteiger partial charge in [0.25, 0.3) is 0 Å². The summed E-state index contributed by atoms with van der Waals surface area (Å²) >= 11 is 1.44. The first-order chi connectivity index (χ1) is 14.2. The molecule has 2 aromatic rings. The van der Waals surface area contributed by atoms with E-state index >= 15 is 0 Å². The van der Waals surface area contributed by atoms with Gasteiger partial charge in [-0.15, -0.1) is 11.3 Å². The number of amides is 1. The number of benzene rings is 1. The predicted molar refractivity (Wildman–Crippen MR) is 111 cm³/mol. The lowest BCUT2D eigenvalue weighted by atomic mass is 10.2. The lowest BCUT2D eigenvalue weighted by Crippen LogP contribution is -2.50. The third kappa shape index (κ3) is 5.05. The minimum absolute atomic E-state index is 0.0195. The van der Waals surface area contributed by atoms with Gasteiger partial charge in [0.05, 0.1) is 4.90 Å². The second-order valence-electron chi connectivity index (χ2n) is 6.76. The zero-order valence-electron chi connectivity index (χ0n) is 16.5. The summed E-state index contributed by atoms with van der Waals surface area (Å²) in [6.45, 7) is 1.58. The summed E-state index contributed by atoms with van der Waals surface area (Å²) in [5.41, 5.74) is 0.357. The smallest absolute Gasteiger partial charge is 0.387 e. The molecule has 0 atom stereocenters. The Kier molecular flexibility index (Phi) is 6.89. The lowest BCUT2D eigenvalue weighted by molar-refractivity contribution is -0.127. The zero-order chi connectivity index (χ0) is 21.9. The van der Waals surface area contributed by atoms with Crippen LogP contribution in [0.15, 0.2) is 41.3 Å². The van der Waals surface area contributed by atoms with Gasteiger partial charge in [0.15, 0.2) is 0 Å². The van der Waals surface area contributed by atoms with Crippen molar-refractivity contribution in [3.05, 3.63) is 51.7 Å². The molecule has 1 aromatic carbocycles. The maximum Gasteiger partial charge on any atom is 0.387 e. The van der Waals surface area contributed by atoms with Gasteiger partial charge in [-0.3, -0.25) is 4.79 Å². The van der Waals surface area contributed by atoms with Crippen molar-refractivity contribution < 1.29 is 26.7 Å². The van der Waals surface area contributed by atoms with Gasteiger partial charge in [0, 0.05) is 47.6 Å². The summed E-state index contributed by atoms with van der Waals surface area (Å²) in [6.07, 6.45) is 2.70. The number of sulfonamides is 1. The van der Waals surface area contributed by atoms with E-state index in [2.05, 4.69) is 4.74 Å². The minimum atomic E-state index is -3.59. The van der Waals surface area contributed by atoms with Crippen molar-refractivity contribution in [1.29, 1.82) is 0 Å². The fourth-order valence-electron chi connectivity index (χ4n) is 3.24. The van der Waals surface area contributed by atoms with Crippen LogP contribution in [0, 0.1) is 13.8 Å². The highest BCUT2D eigenvalue weighted by atomic mass is 32.2. The molecular formula is C20H22F2N2O4S2. The summed E-state index contributed by atoms with van der Waals surface area (Å²) in [5.74, 6) is -0.338. The zero-order valence-corrected chi connectivity index (χ0v) is 18.2. The maximum absolute atomic E-state index is 12.9. The van der Waals surface area contributed by atoms with Gasteiger partial charge in [0.2, 0.25) is 15.9 Å². The summed E-state index contributed by atoms with van der Waals surface area (Å²) in [4.78, 5) is 16.0. The van der Waals surface area contributed by atoms with Crippen molar-refractivity contribution >= 4 is 33.3 Å². The number of piperazine rings is 1. The molecule has 1 aliphatic rings. The van der Waals surface area contributed by atoms with Gasteiger partial charge < -0.3 is 9.64 Å². The van der Waals surface area contributed by atoms with Gasteiger partial charge in [-0.25, -0.2) is 8.42 Å². The van der Waals surface area contributed by atoms with Crippen LogP contribution in [0.5, 0.6) is 5.75 Å². The Morgan fingerprint density at radius 3 is 2.43 bits per heavy atom. The average molecular weight is 457 g/mol. The minimum Gasteiger partial charge on any atom is -0.434 e. The number of para-hydroxylation sites is 1. The Labute approximate surface area is 178 Å². The van der Waals surface area contributed by atoms with E-state index in [0.717, 1.165) is 9.75 Å². The van der Waals surface area contributed by atoms with Crippen LogP contribution in [0.25, 0.3) is 6.08 Å². The molecule has 0 saturated carbocycles. The van der Waals surface area contributed by atoms with Crippen LogP contribution in [0.3, 0.4) is 0 Å². The van der Waals surface area contributed by atoms with Crippen LogP contribution in [0.4, 0.5) is 8.78 Å². The van der Waals surface area contributed by atoms with E-state index < -0.39 is 16.6 Å². The molecule has 162 valence electrons. The molecule has 0 radical (unpaired) electrons. The summed E-state index contributed by atoms with van der Waals surface area (Å²) in [7, 11) is -3.59. The SMILES string of the molecule is Cc1cc(S(=O)(=O)N2CCN(C(=O)/C=C/c3ccccc3OC(F)F)CC2)c(C)s1. The van der Waals surface area contributed by atoms with Gasteiger partial charge in [-0.2, -0.15) is 13.1 Å². The van der Waals surface area contributed by atoms with Crippen LogP contribution >= 0.6 is 11.3 Å². The van der Waals surface area contributed by atoms with Gasteiger partial charge in [-0.05, 0) is 32.1 Å². The molecule has 1 aliphatic heterocycles. The van der Waals surface area contributed by atoms with E-state index in [4.69, 9.17) is 0 Å². The van der Waals surface area contributed by atoms with E-state index in [1.54, 1.807) is 31.2 Å². The third-order valence-corrected chi connectivity index (χ3v) is 7.82. The molecular weight excluding hydrogens is 434 g/mol. The highest BCUT2D eigenvalue weighted by Gasteiger charge is 2.31. The number of carbonyl (C=O) groups excluding carboxylic acids is 1. The van der Waals surface area contributed by atoms with Gasteiger partial charge >= 0.3 is 6.61 Å². The van der Waals surface area contributed by atoms with Crippen molar-refractivity contribution in [1.82, 2.24) is 9.21 Å². The quantitative estimate of drug-likeness (QED) is 0.624. The lowest BCUT2D eigenvalue weighted by Gasteiger charge is -2.33. The Balaban J connectivity index is 1.63. The average Bonchev–Trinajstić information content (AvgIpc) is 3.05. The number of halogens is 2. The van der Waals surface area contributed by atoms with Gasteiger partial charge in [-0.1, -0.05) is 18.2 Å². The Bertz CT molecular complexity index is 1040. The van der Waals surface area contributed by atoms with E-state index in [-0.39, 0.29) is 37.8 Å². The third-order valence-electron chi connectivity index (χ3n) is 4.70. The topological polar surface area (TPSA) is 66.9 Å². The molecule has 1 aromatic heterocycles. The van der Waals surface area contributed by atoms with E-state index in [0.29, 0.717) is 10.5 Å². The molecule has 10 heteroatoms. The fraction of sp³-hybridized carbons (Fsp3) is 0.350. The van der Waals surface area contributed by atoms with Crippen LogP contribution < -0.4 is 4.74 Å². The number of hydrogen-bond acceptors (Lipinski definition) is 5. The maximum atomic E-state index is 12.9. The van der Waals surface area contributed by atoms with Crippen LogP contribution in [0.1, 0.15) is 15.3 Å². The Hall–Kier alpha value is -2.30. The second kappa shape index (κ2) is 9.23. The van der Waals surface area contributed by atoms with Crippen molar-refractivity contribution in [3.8, 4) is 5.75 Å². The summed E-state index contributed by atoms with van der Waals surface area (Å²) < 4.78 is 56.6. The molecule has 1 fully saturated rings. The molecule has 2 heterocycles. The number of rotatable bonds is 6.